The molecule has 0 saturated carbocycles. The third kappa shape index (κ3) is 2.67. The van der Waals surface area contributed by atoms with Gasteiger partial charge in [0.05, 0.1) is 12.4 Å². The SMILES string of the molecule is N#Cc1cncc(N2CCC(N3CCc4cc(F)ccc43)CC2)n1. The first-order valence-corrected chi connectivity index (χ1v) is 8.27. The van der Waals surface area contributed by atoms with E-state index in [0.29, 0.717) is 11.7 Å². The summed E-state index contributed by atoms with van der Waals surface area (Å²) in [5.41, 5.74) is 2.65. The Bertz CT molecular complexity index is 792. The average Bonchev–Trinajstić information content (AvgIpc) is 3.05. The number of nitrogens with zero attached hydrogens (tertiary/aromatic N) is 5. The lowest BCUT2D eigenvalue weighted by atomic mass is 10.0. The highest BCUT2D eigenvalue weighted by Gasteiger charge is 2.29. The largest absolute Gasteiger partial charge is 0.368 e. The van der Waals surface area contributed by atoms with Crippen molar-refractivity contribution in [1.29, 1.82) is 5.26 Å². The topological polar surface area (TPSA) is 56.1 Å². The second-order valence-electron chi connectivity index (χ2n) is 6.31. The second kappa shape index (κ2) is 6.08. The first kappa shape index (κ1) is 14.9. The maximum Gasteiger partial charge on any atom is 0.161 e. The average molecular weight is 323 g/mol. The smallest absolute Gasteiger partial charge is 0.161 e. The summed E-state index contributed by atoms with van der Waals surface area (Å²) in [4.78, 5) is 13.0. The fourth-order valence-corrected chi connectivity index (χ4v) is 3.74. The number of hydrogen-bond donors (Lipinski definition) is 0. The monoisotopic (exact) mass is 323 g/mol. The predicted molar refractivity (Wildman–Crippen MR) is 89.4 cm³/mol. The van der Waals surface area contributed by atoms with Gasteiger partial charge in [-0.2, -0.15) is 5.26 Å². The number of benzene rings is 1. The van der Waals surface area contributed by atoms with Gasteiger partial charge in [0, 0.05) is 31.4 Å². The van der Waals surface area contributed by atoms with Crippen molar-refractivity contribution in [3.63, 3.8) is 0 Å². The zero-order valence-electron chi connectivity index (χ0n) is 13.3. The minimum atomic E-state index is -0.152. The molecule has 0 bridgehead atoms. The van der Waals surface area contributed by atoms with Crippen LogP contribution in [-0.4, -0.2) is 35.6 Å². The molecule has 6 heteroatoms. The summed E-state index contributed by atoms with van der Waals surface area (Å²) in [6.07, 6.45) is 6.17. The van der Waals surface area contributed by atoms with Gasteiger partial charge in [-0.3, -0.25) is 4.98 Å². The maximum absolute atomic E-state index is 13.4. The molecule has 0 N–H and O–H groups in total. The highest BCUT2D eigenvalue weighted by Crippen LogP contribution is 2.33. The molecule has 0 atom stereocenters. The molecule has 1 aromatic carbocycles. The lowest BCUT2D eigenvalue weighted by Gasteiger charge is -2.38. The molecule has 1 saturated heterocycles. The van der Waals surface area contributed by atoms with E-state index in [4.69, 9.17) is 5.26 Å². The molecule has 0 spiro atoms. The van der Waals surface area contributed by atoms with E-state index in [1.165, 1.54) is 11.9 Å². The molecule has 4 rings (SSSR count). The standard InChI is InChI=1S/C18H18FN5/c19-14-1-2-17-13(9-14)3-8-24(17)16-4-6-23(7-5-16)18-12-21-11-15(10-20)22-18/h1-2,9,11-12,16H,3-8H2. The minimum Gasteiger partial charge on any atom is -0.368 e. The van der Waals surface area contributed by atoms with E-state index >= 15 is 0 Å². The number of hydrogen-bond acceptors (Lipinski definition) is 5. The normalized spacial score (nSPS) is 17.7. The van der Waals surface area contributed by atoms with Gasteiger partial charge in [0.1, 0.15) is 17.7 Å². The Labute approximate surface area is 140 Å². The van der Waals surface area contributed by atoms with E-state index in [9.17, 15) is 4.39 Å². The third-order valence-corrected chi connectivity index (χ3v) is 4.94. The van der Waals surface area contributed by atoms with E-state index < -0.39 is 0 Å². The Morgan fingerprint density at radius 2 is 2.00 bits per heavy atom. The van der Waals surface area contributed by atoms with Gasteiger partial charge < -0.3 is 9.80 Å². The number of piperidine rings is 1. The molecule has 1 aromatic heterocycles. The molecule has 0 aliphatic carbocycles. The van der Waals surface area contributed by atoms with Crippen molar-refractivity contribution in [2.24, 2.45) is 0 Å². The molecular weight excluding hydrogens is 305 g/mol. The Kier molecular flexibility index (Phi) is 3.77. The van der Waals surface area contributed by atoms with Crippen LogP contribution in [0.4, 0.5) is 15.9 Å². The van der Waals surface area contributed by atoms with Gasteiger partial charge in [-0.1, -0.05) is 0 Å². The van der Waals surface area contributed by atoms with Crippen LogP contribution in [0.3, 0.4) is 0 Å². The Balaban J connectivity index is 1.45. The molecule has 1 fully saturated rings. The van der Waals surface area contributed by atoms with Crippen molar-refractivity contribution in [3.8, 4) is 6.07 Å². The number of aromatic nitrogens is 2. The van der Waals surface area contributed by atoms with Gasteiger partial charge in [0.15, 0.2) is 5.69 Å². The summed E-state index contributed by atoms with van der Waals surface area (Å²) in [5, 5.41) is 8.95. The number of rotatable bonds is 2. The molecule has 0 radical (unpaired) electrons. The zero-order chi connectivity index (χ0) is 16.5. The van der Waals surface area contributed by atoms with Gasteiger partial charge in [0.25, 0.3) is 0 Å². The van der Waals surface area contributed by atoms with Crippen molar-refractivity contribution in [2.45, 2.75) is 25.3 Å². The summed E-state index contributed by atoms with van der Waals surface area (Å²) in [7, 11) is 0. The molecule has 2 aliphatic rings. The quantitative estimate of drug-likeness (QED) is 0.850. The third-order valence-electron chi connectivity index (χ3n) is 4.94. The molecule has 122 valence electrons. The van der Waals surface area contributed by atoms with Crippen LogP contribution in [0.15, 0.2) is 30.6 Å². The Morgan fingerprint density at radius 1 is 1.17 bits per heavy atom. The van der Waals surface area contributed by atoms with E-state index in [1.54, 1.807) is 18.3 Å². The molecule has 0 unspecified atom stereocenters. The summed E-state index contributed by atoms with van der Waals surface area (Å²) in [6, 6.07) is 7.63. The van der Waals surface area contributed by atoms with Crippen LogP contribution >= 0.6 is 0 Å². The van der Waals surface area contributed by atoms with E-state index in [0.717, 1.165) is 50.3 Å². The van der Waals surface area contributed by atoms with Crippen LogP contribution in [0.25, 0.3) is 0 Å². The first-order valence-electron chi connectivity index (χ1n) is 8.27. The lowest BCUT2D eigenvalue weighted by molar-refractivity contribution is 0.470. The van der Waals surface area contributed by atoms with E-state index in [2.05, 4.69) is 19.8 Å². The Hall–Kier alpha value is -2.68. The van der Waals surface area contributed by atoms with Crippen LogP contribution < -0.4 is 9.80 Å². The van der Waals surface area contributed by atoms with Crippen molar-refractivity contribution in [1.82, 2.24) is 9.97 Å². The second-order valence-corrected chi connectivity index (χ2v) is 6.31. The van der Waals surface area contributed by atoms with Gasteiger partial charge in [-0.05, 0) is 43.0 Å². The van der Waals surface area contributed by atoms with Crippen LogP contribution in [0, 0.1) is 17.1 Å². The van der Waals surface area contributed by atoms with Crippen LogP contribution in [0.5, 0.6) is 0 Å². The fraction of sp³-hybridized carbons (Fsp3) is 0.389. The molecule has 2 aromatic rings. The van der Waals surface area contributed by atoms with E-state index in [-0.39, 0.29) is 5.82 Å². The van der Waals surface area contributed by atoms with Gasteiger partial charge in [-0.15, -0.1) is 0 Å². The number of nitriles is 1. The molecular formula is C18H18FN5. The zero-order valence-corrected chi connectivity index (χ0v) is 13.3. The molecule has 3 heterocycles. The van der Waals surface area contributed by atoms with Crippen LogP contribution in [-0.2, 0) is 6.42 Å². The summed E-state index contributed by atoms with van der Waals surface area (Å²) in [6.45, 7) is 2.75. The summed E-state index contributed by atoms with van der Waals surface area (Å²) >= 11 is 0. The lowest BCUT2D eigenvalue weighted by Crippen LogP contribution is -2.44. The maximum atomic E-state index is 13.4. The summed E-state index contributed by atoms with van der Waals surface area (Å²) < 4.78 is 13.4. The van der Waals surface area contributed by atoms with Crippen LogP contribution in [0.2, 0.25) is 0 Å². The molecule has 0 amide bonds. The summed E-state index contributed by atoms with van der Waals surface area (Å²) in [5.74, 6) is 0.623. The number of anilines is 2. The minimum absolute atomic E-state index is 0.152. The van der Waals surface area contributed by atoms with Gasteiger partial charge >= 0.3 is 0 Å². The van der Waals surface area contributed by atoms with Crippen LogP contribution in [0.1, 0.15) is 24.1 Å². The molecule has 5 nitrogen and oxygen atoms in total. The first-order chi connectivity index (χ1) is 11.7. The number of fused-ring (bicyclic) bond motifs is 1. The van der Waals surface area contributed by atoms with Crippen molar-refractivity contribution in [3.05, 3.63) is 47.7 Å². The highest BCUT2D eigenvalue weighted by molar-refractivity contribution is 5.59. The molecule has 24 heavy (non-hydrogen) atoms. The van der Waals surface area contributed by atoms with Crippen molar-refractivity contribution >= 4 is 11.5 Å². The highest BCUT2D eigenvalue weighted by atomic mass is 19.1. The molecule has 2 aliphatic heterocycles. The fourth-order valence-electron chi connectivity index (χ4n) is 3.74. The van der Waals surface area contributed by atoms with Crippen molar-refractivity contribution < 1.29 is 4.39 Å². The number of halogens is 1. The predicted octanol–water partition coefficient (Wildman–Crippen LogP) is 2.52. The van der Waals surface area contributed by atoms with Crippen molar-refractivity contribution in [2.75, 3.05) is 29.4 Å². The van der Waals surface area contributed by atoms with Gasteiger partial charge in [0.2, 0.25) is 0 Å². The van der Waals surface area contributed by atoms with Gasteiger partial charge in [-0.25, -0.2) is 9.37 Å². The Morgan fingerprint density at radius 3 is 2.79 bits per heavy atom. The van der Waals surface area contributed by atoms with E-state index in [1.807, 2.05) is 12.1 Å².